The van der Waals surface area contributed by atoms with Crippen molar-refractivity contribution in [3.05, 3.63) is 34.9 Å². The predicted molar refractivity (Wildman–Crippen MR) is 85.1 cm³/mol. The monoisotopic (exact) mass is 288 g/mol. The van der Waals surface area contributed by atoms with Crippen molar-refractivity contribution in [2.75, 3.05) is 19.7 Å². The van der Waals surface area contributed by atoms with E-state index in [4.69, 9.17) is 10.5 Å². The maximum Gasteiger partial charge on any atom is 0.251 e. The third kappa shape index (κ3) is 5.58. The summed E-state index contributed by atoms with van der Waals surface area (Å²) >= 11 is 0. The molecular formula is C17H24N2O2. The number of carbonyl (C=O) groups is 1. The van der Waals surface area contributed by atoms with Crippen LogP contribution in [0.3, 0.4) is 0 Å². The zero-order chi connectivity index (χ0) is 15.9. The molecule has 0 fully saturated rings. The fraction of sp³-hybridized carbons (Fsp3) is 0.471. The SMILES string of the molecule is CCOC(C)(C)CNC(=O)c1ccc(C#CCN)c(C)c1. The minimum atomic E-state index is -0.369. The van der Waals surface area contributed by atoms with Crippen molar-refractivity contribution < 1.29 is 9.53 Å². The first-order valence-corrected chi connectivity index (χ1v) is 7.11. The number of amides is 1. The predicted octanol–water partition coefficient (Wildman–Crippen LogP) is 1.85. The number of benzene rings is 1. The summed E-state index contributed by atoms with van der Waals surface area (Å²) in [6.45, 7) is 9.19. The molecule has 0 heterocycles. The number of hydrogen-bond acceptors (Lipinski definition) is 3. The topological polar surface area (TPSA) is 64.3 Å². The summed E-state index contributed by atoms with van der Waals surface area (Å²) in [5.74, 6) is 5.69. The van der Waals surface area contributed by atoms with E-state index in [1.807, 2.05) is 39.8 Å². The quantitative estimate of drug-likeness (QED) is 0.813. The Morgan fingerprint density at radius 1 is 1.43 bits per heavy atom. The molecule has 0 aliphatic carbocycles. The second kappa shape index (κ2) is 7.82. The molecule has 0 atom stereocenters. The Hall–Kier alpha value is -1.83. The van der Waals surface area contributed by atoms with Crippen LogP contribution in [-0.2, 0) is 4.74 Å². The summed E-state index contributed by atoms with van der Waals surface area (Å²) < 4.78 is 5.56. The number of nitrogens with two attached hydrogens (primary N) is 1. The van der Waals surface area contributed by atoms with Gasteiger partial charge in [0.05, 0.1) is 12.1 Å². The Kier molecular flexibility index (Phi) is 6.41. The molecule has 1 amide bonds. The van der Waals surface area contributed by atoms with E-state index in [0.29, 0.717) is 25.3 Å². The van der Waals surface area contributed by atoms with Crippen molar-refractivity contribution in [2.45, 2.75) is 33.3 Å². The van der Waals surface area contributed by atoms with Gasteiger partial charge in [-0.2, -0.15) is 0 Å². The lowest BCUT2D eigenvalue weighted by atomic mass is 10.0. The number of rotatable bonds is 5. The standard InChI is InChI=1S/C17H24N2O2/c1-5-21-17(3,4)12-19-16(20)15-9-8-14(7-6-10-18)13(2)11-15/h8-9,11H,5,10,12,18H2,1-4H3,(H,19,20). The van der Waals surface area contributed by atoms with Gasteiger partial charge >= 0.3 is 0 Å². The van der Waals surface area contributed by atoms with Gasteiger partial charge in [0.1, 0.15) is 0 Å². The second-order valence-electron chi connectivity index (χ2n) is 5.41. The summed E-state index contributed by atoms with van der Waals surface area (Å²) in [4.78, 5) is 12.2. The minimum absolute atomic E-state index is 0.107. The van der Waals surface area contributed by atoms with Crippen LogP contribution in [-0.4, -0.2) is 31.2 Å². The van der Waals surface area contributed by atoms with E-state index in [9.17, 15) is 4.79 Å². The second-order valence-corrected chi connectivity index (χ2v) is 5.41. The first kappa shape index (κ1) is 17.2. The molecule has 1 aromatic rings. The van der Waals surface area contributed by atoms with E-state index in [1.165, 1.54) is 0 Å². The van der Waals surface area contributed by atoms with Crippen molar-refractivity contribution in [1.29, 1.82) is 0 Å². The van der Waals surface area contributed by atoms with Gasteiger partial charge in [-0.3, -0.25) is 4.79 Å². The summed E-state index contributed by atoms with van der Waals surface area (Å²) in [5, 5.41) is 2.89. The van der Waals surface area contributed by atoms with Gasteiger partial charge in [-0.15, -0.1) is 0 Å². The number of aryl methyl sites for hydroxylation is 1. The molecule has 0 spiro atoms. The summed E-state index contributed by atoms with van der Waals surface area (Å²) in [6.07, 6.45) is 0. The van der Waals surface area contributed by atoms with Crippen LogP contribution in [0.25, 0.3) is 0 Å². The molecule has 4 nitrogen and oxygen atoms in total. The van der Waals surface area contributed by atoms with Gasteiger partial charge in [0.15, 0.2) is 0 Å². The molecule has 0 aromatic heterocycles. The Balaban J connectivity index is 2.73. The van der Waals surface area contributed by atoms with Gasteiger partial charge in [0, 0.05) is 24.3 Å². The Bertz CT molecular complexity index is 554. The molecule has 0 unspecified atom stereocenters. The molecule has 0 aliphatic rings. The van der Waals surface area contributed by atoms with E-state index < -0.39 is 0 Å². The number of carbonyl (C=O) groups excluding carboxylic acids is 1. The van der Waals surface area contributed by atoms with E-state index in [-0.39, 0.29) is 11.5 Å². The van der Waals surface area contributed by atoms with Crippen molar-refractivity contribution in [1.82, 2.24) is 5.32 Å². The highest BCUT2D eigenvalue weighted by Crippen LogP contribution is 2.11. The lowest BCUT2D eigenvalue weighted by molar-refractivity contribution is -0.00815. The largest absolute Gasteiger partial charge is 0.374 e. The molecular weight excluding hydrogens is 264 g/mol. The third-order valence-electron chi connectivity index (χ3n) is 3.02. The van der Waals surface area contributed by atoms with Crippen LogP contribution < -0.4 is 11.1 Å². The molecule has 1 aromatic carbocycles. The van der Waals surface area contributed by atoms with Crippen LogP contribution >= 0.6 is 0 Å². The maximum absolute atomic E-state index is 12.2. The molecule has 114 valence electrons. The molecule has 21 heavy (non-hydrogen) atoms. The minimum Gasteiger partial charge on any atom is -0.374 e. The van der Waals surface area contributed by atoms with E-state index in [0.717, 1.165) is 11.1 Å². The Morgan fingerprint density at radius 3 is 2.71 bits per heavy atom. The highest BCUT2D eigenvalue weighted by Gasteiger charge is 2.19. The van der Waals surface area contributed by atoms with Gasteiger partial charge in [0.25, 0.3) is 5.91 Å². The molecule has 0 saturated heterocycles. The highest BCUT2D eigenvalue weighted by atomic mass is 16.5. The molecule has 0 saturated carbocycles. The third-order valence-corrected chi connectivity index (χ3v) is 3.02. The lowest BCUT2D eigenvalue weighted by Crippen LogP contribution is -2.40. The van der Waals surface area contributed by atoms with Gasteiger partial charge in [-0.05, 0) is 51.5 Å². The van der Waals surface area contributed by atoms with Crippen LogP contribution in [0.4, 0.5) is 0 Å². The van der Waals surface area contributed by atoms with Crippen LogP contribution in [0.2, 0.25) is 0 Å². The zero-order valence-electron chi connectivity index (χ0n) is 13.2. The highest BCUT2D eigenvalue weighted by molar-refractivity contribution is 5.94. The first-order valence-electron chi connectivity index (χ1n) is 7.11. The summed E-state index contributed by atoms with van der Waals surface area (Å²) in [6, 6.07) is 5.46. The molecule has 3 N–H and O–H groups in total. The van der Waals surface area contributed by atoms with Crippen LogP contribution in [0.5, 0.6) is 0 Å². The summed E-state index contributed by atoms with van der Waals surface area (Å²) in [5.41, 5.74) is 7.47. The van der Waals surface area contributed by atoms with E-state index in [1.54, 1.807) is 6.07 Å². The lowest BCUT2D eigenvalue weighted by Gasteiger charge is -2.24. The first-order chi connectivity index (χ1) is 9.89. The van der Waals surface area contributed by atoms with E-state index in [2.05, 4.69) is 17.2 Å². The molecule has 1 rings (SSSR count). The van der Waals surface area contributed by atoms with Gasteiger partial charge < -0.3 is 15.8 Å². The average Bonchev–Trinajstić information content (AvgIpc) is 2.43. The Morgan fingerprint density at radius 2 is 2.14 bits per heavy atom. The molecule has 0 radical (unpaired) electrons. The fourth-order valence-electron chi connectivity index (χ4n) is 1.93. The van der Waals surface area contributed by atoms with Crippen molar-refractivity contribution in [2.24, 2.45) is 5.73 Å². The average molecular weight is 288 g/mol. The fourth-order valence-corrected chi connectivity index (χ4v) is 1.93. The van der Waals surface area contributed by atoms with Gasteiger partial charge in [0.2, 0.25) is 0 Å². The van der Waals surface area contributed by atoms with Crippen molar-refractivity contribution in [3.8, 4) is 11.8 Å². The summed E-state index contributed by atoms with van der Waals surface area (Å²) in [7, 11) is 0. The Labute approximate surface area is 127 Å². The van der Waals surface area contributed by atoms with Crippen molar-refractivity contribution >= 4 is 5.91 Å². The van der Waals surface area contributed by atoms with E-state index >= 15 is 0 Å². The van der Waals surface area contributed by atoms with Crippen LogP contribution in [0, 0.1) is 18.8 Å². The smallest absolute Gasteiger partial charge is 0.251 e. The molecule has 4 heteroatoms. The van der Waals surface area contributed by atoms with Crippen molar-refractivity contribution in [3.63, 3.8) is 0 Å². The van der Waals surface area contributed by atoms with Gasteiger partial charge in [-0.25, -0.2) is 0 Å². The molecule has 0 aliphatic heterocycles. The van der Waals surface area contributed by atoms with Gasteiger partial charge in [-0.1, -0.05) is 11.8 Å². The maximum atomic E-state index is 12.2. The zero-order valence-corrected chi connectivity index (χ0v) is 13.2. The van der Waals surface area contributed by atoms with Crippen LogP contribution in [0.1, 0.15) is 42.3 Å². The molecule has 0 bridgehead atoms. The number of ether oxygens (including phenoxy) is 1. The number of nitrogens with one attached hydrogen (secondary N) is 1. The van der Waals surface area contributed by atoms with Crippen LogP contribution in [0.15, 0.2) is 18.2 Å². The number of hydrogen-bond donors (Lipinski definition) is 2. The normalized spacial score (nSPS) is 10.7.